The maximum absolute atomic E-state index is 11.6. The molecule has 0 aromatic heterocycles. The summed E-state index contributed by atoms with van der Waals surface area (Å²) < 4.78 is 21.7. The summed E-state index contributed by atoms with van der Waals surface area (Å²) >= 11 is 0. The Kier molecular flexibility index (Phi) is 7.49. The average molecular weight is 304 g/mol. The summed E-state index contributed by atoms with van der Waals surface area (Å²) in [6.07, 6.45) is 1.18. The van der Waals surface area contributed by atoms with E-state index in [1.807, 2.05) is 6.92 Å². The molecule has 1 aliphatic rings. The van der Waals surface area contributed by atoms with E-state index < -0.39 is 18.5 Å². The van der Waals surface area contributed by atoms with Crippen molar-refractivity contribution in [1.29, 1.82) is 0 Å². The van der Waals surface area contributed by atoms with Crippen LogP contribution in [0.1, 0.15) is 27.2 Å². The predicted molar refractivity (Wildman–Crippen MR) is 79.4 cm³/mol. The van der Waals surface area contributed by atoms with Crippen LogP contribution in [0.5, 0.6) is 0 Å². The van der Waals surface area contributed by atoms with Gasteiger partial charge in [0.25, 0.3) is 0 Å². The number of carbonyl (C=O) groups excluding carboxylic acids is 1. The maximum Gasteiger partial charge on any atom is 0.509 e. The van der Waals surface area contributed by atoms with E-state index in [0.717, 1.165) is 6.42 Å². The second kappa shape index (κ2) is 8.60. The van der Waals surface area contributed by atoms with Crippen LogP contribution in [0.3, 0.4) is 0 Å². The van der Waals surface area contributed by atoms with Gasteiger partial charge in [-0.2, -0.15) is 0 Å². The Morgan fingerprint density at radius 3 is 2.65 bits per heavy atom. The monoisotopic (exact) mass is 304 g/mol. The number of carbonyl (C=O) groups is 1. The van der Waals surface area contributed by atoms with Crippen LogP contribution in [0.15, 0.2) is 12.7 Å². The highest BCUT2D eigenvalue weighted by atomic mass is 31.0. The van der Waals surface area contributed by atoms with E-state index in [4.69, 9.17) is 18.9 Å². The molecule has 1 aliphatic heterocycles. The van der Waals surface area contributed by atoms with Gasteiger partial charge in [0.2, 0.25) is 0 Å². The minimum absolute atomic E-state index is 0.107. The Hall–Kier alpha value is -0.640. The van der Waals surface area contributed by atoms with Crippen LogP contribution in [0.2, 0.25) is 0 Å². The van der Waals surface area contributed by atoms with Crippen LogP contribution in [0.4, 0.5) is 4.79 Å². The lowest BCUT2D eigenvalue weighted by molar-refractivity contribution is -0.265. The smallest absolute Gasteiger partial charge is 0.430 e. The fourth-order valence-electron chi connectivity index (χ4n) is 2.39. The highest BCUT2D eigenvalue weighted by molar-refractivity contribution is 7.16. The Bertz CT molecular complexity index is 323. The summed E-state index contributed by atoms with van der Waals surface area (Å²) in [5.74, 6) is 0.410. The van der Waals surface area contributed by atoms with Crippen molar-refractivity contribution in [3.05, 3.63) is 12.7 Å². The maximum atomic E-state index is 11.6. The molecule has 1 heterocycles. The van der Waals surface area contributed by atoms with E-state index in [9.17, 15) is 4.79 Å². The molecule has 0 bridgehead atoms. The molecule has 1 rings (SSSR count). The molecular formula is C14H25O5P. The van der Waals surface area contributed by atoms with Crippen molar-refractivity contribution in [3.63, 3.8) is 0 Å². The Morgan fingerprint density at radius 1 is 1.40 bits per heavy atom. The molecule has 0 aliphatic carbocycles. The van der Waals surface area contributed by atoms with Gasteiger partial charge in [-0.1, -0.05) is 33.4 Å². The fourth-order valence-corrected chi connectivity index (χ4v) is 2.58. The topological polar surface area (TPSA) is 54.0 Å². The Morgan fingerprint density at radius 2 is 2.10 bits per heavy atom. The number of hydrogen-bond acceptors (Lipinski definition) is 5. The van der Waals surface area contributed by atoms with Crippen molar-refractivity contribution < 1.29 is 23.7 Å². The number of rotatable bonds is 6. The highest BCUT2D eigenvalue weighted by Crippen LogP contribution is 2.34. The summed E-state index contributed by atoms with van der Waals surface area (Å²) in [7, 11) is 2.48. The molecule has 1 saturated heterocycles. The first-order chi connectivity index (χ1) is 9.54. The molecule has 6 heteroatoms. The van der Waals surface area contributed by atoms with Crippen molar-refractivity contribution in [2.75, 3.05) is 13.0 Å². The highest BCUT2D eigenvalue weighted by Gasteiger charge is 2.43. The van der Waals surface area contributed by atoms with Crippen LogP contribution in [0, 0.1) is 11.8 Å². The van der Waals surface area contributed by atoms with Gasteiger partial charge in [-0.15, -0.1) is 9.24 Å². The predicted octanol–water partition coefficient (Wildman–Crippen LogP) is 2.95. The molecule has 0 amide bonds. The normalized spacial score (nSPS) is 33.5. The molecule has 116 valence electrons. The molecule has 0 aromatic rings. The SMILES string of the molecule is C=CCOC(=O)OC1[C@@H](OCP)OC(CC)[C@@H](C)[C@@H]1C. The summed E-state index contributed by atoms with van der Waals surface area (Å²) in [6, 6.07) is 0. The summed E-state index contributed by atoms with van der Waals surface area (Å²) in [4.78, 5) is 11.6. The molecule has 0 saturated carbocycles. The van der Waals surface area contributed by atoms with Gasteiger partial charge < -0.3 is 18.9 Å². The zero-order chi connectivity index (χ0) is 15.1. The van der Waals surface area contributed by atoms with Crippen LogP contribution in [0.25, 0.3) is 0 Å². The molecule has 6 atom stereocenters. The van der Waals surface area contributed by atoms with Crippen molar-refractivity contribution in [2.45, 2.75) is 45.7 Å². The number of ether oxygens (including phenoxy) is 4. The van der Waals surface area contributed by atoms with Gasteiger partial charge in [0, 0.05) is 5.92 Å². The van der Waals surface area contributed by atoms with E-state index in [2.05, 4.69) is 29.7 Å². The van der Waals surface area contributed by atoms with Gasteiger partial charge in [0.1, 0.15) is 6.61 Å². The quantitative estimate of drug-likeness (QED) is 0.429. The summed E-state index contributed by atoms with van der Waals surface area (Å²) in [5.41, 5.74) is 0. The molecule has 0 aromatic carbocycles. The first kappa shape index (κ1) is 17.4. The average Bonchev–Trinajstić information content (AvgIpc) is 2.44. The Labute approximate surface area is 123 Å². The lowest BCUT2D eigenvalue weighted by Gasteiger charge is -2.43. The second-order valence-corrected chi connectivity index (χ2v) is 5.27. The minimum Gasteiger partial charge on any atom is -0.430 e. The standard InChI is InChI=1S/C14H25O5P/c1-5-7-16-14(15)19-12-10(4)9(3)11(6-2)18-13(12)17-8-20/h5,9-13H,1,6-8,20H2,2-4H3/t9-,10-,11?,12?,13-/m0/s1. The zero-order valence-corrected chi connectivity index (χ0v) is 13.6. The molecular weight excluding hydrogens is 279 g/mol. The van der Waals surface area contributed by atoms with Crippen molar-refractivity contribution in [3.8, 4) is 0 Å². The fraction of sp³-hybridized carbons (Fsp3) is 0.786. The third-order valence-electron chi connectivity index (χ3n) is 3.73. The van der Waals surface area contributed by atoms with Gasteiger partial charge in [0.05, 0.1) is 12.5 Å². The molecule has 0 radical (unpaired) electrons. The van der Waals surface area contributed by atoms with Gasteiger partial charge in [-0.05, 0) is 12.3 Å². The lowest BCUT2D eigenvalue weighted by Crippen LogP contribution is -2.51. The molecule has 1 fully saturated rings. The lowest BCUT2D eigenvalue weighted by atomic mass is 9.82. The molecule has 0 N–H and O–H groups in total. The van der Waals surface area contributed by atoms with Gasteiger partial charge in [-0.3, -0.25) is 0 Å². The van der Waals surface area contributed by atoms with Crippen LogP contribution in [-0.4, -0.2) is 37.6 Å². The number of hydrogen-bond donors (Lipinski definition) is 0. The van der Waals surface area contributed by atoms with E-state index in [1.54, 1.807) is 0 Å². The molecule has 3 unspecified atom stereocenters. The zero-order valence-electron chi connectivity index (χ0n) is 12.4. The van der Waals surface area contributed by atoms with E-state index in [0.29, 0.717) is 6.35 Å². The molecule has 20 heavy (non-hydrogen) atoms. The van der Waals surface area contributed by atoms with Crippen molar-refractivity contribution in [2.24, 2.45) is 11.8 Å². The third kappa shape index (κ3) is 4.44. The first-order valence-electron chi connectivity index (χ1n) is 6.96. The Balaban J connectivity index is 2.72. The second-order valence-electron chi connectivity index (χ2n) is 4.93. The third-order valence-corrected chi connectivity index (χ3v) is 3.92. The van der Waals surface area contributed by atoms with Gasteiger partial charge in [-0.25, -0.2) is 4.79 Å². The summed E-state index contributed by atoms with van der Waals surface area (Å²) in [6.45, 7) is 9.83. The van der Waals surface area contributed by atoms with Crippen LogP contribution < -0.4 is 0 Å². The van der Waals surface area contributed by atoms with Gasteiger partial charge >= 0.3 is 6.16 Å². The largest absolute Gasteiger partial charge is 0.509 e. The van der Waals surface area contributed by atoms with E-state index in [-0.39, 0.29) is 24.5 Å². The molecule has 5 nitrogen and oxygen atoms in total. The first-order valence-corrected chi connectivity index (χ1v) is 7.78. The molecule has 0 spiro atoms. The van der Waals surface area contributed by atoms with Crippen molar-refractivity contribution in [1.82, 2.24) is 0 Å². The van der Waals surface area contributed by atoms with Crippen LogP contribution in [-0.2, 0) is 18.9 Å². The van der Waals surface area contributed by atoms with E-state index >= 15 is 0 Å². The van der Waals surface area contributed by atoms with Crippen molar-refractivity contribution >= 4 is 15.4 Å². The van der Waals surface area contributed by atoms with E-state index in [1.165, 1.54) is 6.08 Å². The minimum atomic E-state index is -0.718. The van der Waals surface area contributed by atoms with Gasteiger partial charge in [0.15, 0.2) is 12.4 Å². The summed E-state index contributed by atoms with van der Waals surface area (Å²) in [5, 5.41) is 0. The van der Waals surface area contributed by atoms with Crippen LogP contribution >= 0.6 is 9.24 Å².